The van der Waals surface area contributed by atoms with Crippen LogP contribution in [0.4, 0.5) is 0 Å². The van der Waals surface area contributed by atoms with Crippen LogP contribution < -0.4 is 10.2 Å². The van der Waals surface area contributed by atoms with Gasteiger partial charge in [-0.3, -0.25) is 4.79 Å². The Labute approximate surface area is 195 Å². The standard InChI is InChI=1S/C23H24ClN3O2S2/c1-16(2)11-12-29-20-9-3-17(4-10-20)13-25-27-22(28)15-31-23-26-21(14-30-23)18-5-7-19(24)8-6-18/h3-10,13-14,16H,11-12,15H2,1-2H3,(H,27,28)/b25-13+. The van der Waals surface area contributed by atoms with Gasteiger partial charge in [0.1, 0.15) is 5.75 Å². The molecule has 162 valence electrons. The van der Waals surface area contributed by atoms with Gasteiger partial charge in [0.25, 0.3) is 5.91 Å². The number of benzene rings is 2. The molecule has 31 heavy (non-hydrogen) atoms. The molecule has 3 rings (SSSR count). The average molecular weight is 474 g/mol. The van der Waals surface area contributed by atoms with Crippen LogP contribution in [0.1, 0.15) is 25.8 Å². The normalized spacial score (nSPS) is 11.2. The first-order valence-corrected chi connectivity index (χ1v) is 12.1. The van der Waals surface area contributed by atoms with E-state index in [4.69, 9.17) is 16.3 Å². The Balaban J connectivity index is 1.41. The summed E-state index contributed by atoms with van der Waals surface area (Å²) in [5.74, 6) is 1.51. The van der Waals surface area contributed by atoms with Gasteiger partial charge >= 0.3 is 0 Å². The van der Waals surface area contributed by atoms with E-state index in [1.165, 1.54) is 23.1 Å². The van der Waals surface area contributed by atoms with E-state index in [2.05, 4.69) is 29.4 Å². The van der Waals surface area contributed by atoms with Crippen molar-refractivity contribution in [2.24, 2.45) is 11.0 Å². The van der Waals surface area contributed by atoms with Gasteiger partial charge in [-0.25, -0.2) is 10.4 Å². The number of ether oxygens (including phenoxy) is 1. The Bertz CT molecular complexity index is 1000. The lowest BCUT2D eigenvalue weighted by atomic mass is 10.1. The number of hydrogen-bond donors (Lipinski definition) is 1. The first-order chi connectivity index (χ1) is 15.0. The molecule has 5 nitrogen and oxygen atoms in total. The highest BCUT2D eigenvalue weighted by Gasteiger charge is 2.08. The molecular weight excluding hydrogens is 450 g/mol. The zero-order valence-electron chi connectivity index (χ0n) is 17.4. The molecular formula is C23H24ClN3O2S2. The van der Waals surface area contributed by atoms with Crippen molar-refractivity contribution in [3.63, 3.8) is 0 Å². The van der Waals surface area contributed by atoms with Gasteiger partial charge in [0.15, 0.2) is 4.34 Å². The van der Waals surface area contributed by atoms with E-state index in [1.807, 2.05) is 53.9 Å². The highest BCUT2D eigenvalue weighted by molar-refractivity contribution is 8.01. The second-order valence-corrected chi connectivity index (χ2v) is 9.70. The van der Waals surface area contributed by atoms with Gasteiger partial charge in [0.2, 0.25) is 0 Å². The van der Waals surface area contributed by atoms with Crippen LogP contribution in [-0.4, -0.2) is 29.5 Å². The molecule has 1 heterocycles. The van der Waals surface area contributed by atoms with Crippen LogP contribution in [0.25, 0.3) is 11.3 Å². The highest BCUT2D eigenvalue weighted by atomic mass is 35.5. The fourth-order valence-corrected chi connectivity index (χ4v) is 4.23. The Morgan fingerprint density at radius 3 is 2.68 bits per heavy atom. The van der Waals surface area contributed by atoms with Gasteiger partial charge in [-0.05, 0) is 54.3 Å². The summed E-state index contributed by atoms with van der Waals surface area (Å²) in [6.45, 7) is 5.05. The molecule has 0 bridgehead atoms. The average Bonchev–Trinajstić information content (AvgIpc) is 3.23. The fraction of sp³-hybridized carbons (Fsp3) is 0.261. The molecule has 0 atom stereocenters. The molecule has 0 fully saturated rings. The maximum Gasteiger partial charge on any atom is 0.250 e. The number of thioether (sulfide) groups is 1. The van der Waals surface area contributed by atoms with Crippen LogP contribution in [0.2, 0.25) is 5.02 Å². The molecule has 0 saturated heterocycles. The van der Waals surface area contributed by atoms with Crippen molar-refractivity contribution in [2.45, 2.75) is 24.6 Å². The van der Waals surface area contributed by atoms with Crippen molar-refractivity contribution in [1.29, 1.82) is 0 Å². The summed E-state index contributed by atoms with van der Waals surface area (Å²) >= 11 is 8.81. The number of amides is 1. The second kappa shape index (κ2) is 11.9. The van der Waals surface area contributed by atoms with Crippen LogP contribution in [0.3, 0.4) is 0 Å². The van der Waals surface area contributed by atoms with Gasteiger partial charge in [-0.2, -0.15) is 5.10 Å². The van der Waals surface area contributed by atoms with Gasteiger partial charge in [0, 0.05) is 16.0 Å². The summed E-state index contributed by atoms with van der Waals surface area (Å²) in [7, 11) is 0. The largest absolute Gasteiger partial charge is 0.494 e. The molecule has 2 aromatic carbocycles. The molecule has 8 heteroatoms. The van der Waals surface area contributed by atoms with E-state index < -0.39 is 0 Å². The number of thiazole rings is 1. The number of nitrogens with one attached hydrogen (secondary N) is 1. The number of halogens is 1. The Morgan fingerprint density at radius 1 is 1.23 bits per heavy atom. The van der Waals surface area contributed by atoms with E-state index in [9.17, 15) is 4.79 Å². The van der Waals surface area contributed by atoms with Crippen LogP contribution in [0.15, 0.2) is 63.4 Å². The molecule has 0 radical (unpaired) electrons. The van der Waals surface area contributed by atoms with Crippen molar-refractivity contribution in [3.05, 3.63) is 64.5 Å². The van der Waals surface area contributed by atoms with E-state index in [0.29, 0.717) is 17.5 Å². The predicted octanol–water partition coefficient (Wildman–Crippen LogP) is 6.13. The zero-order chi connectivity index (χ0) is 22.1. The van der Waals surface area contributed by atoms with Crippen molar-refractivity contribution in [1.82, 2.24) is 10.4 Å². The second-order valence-electron chi connectivity index (χ2n) is 7.19. The van der Waals surface area contributed by atoms with Crippen LogP contribution in [0, 0.1) is 5.92 Å². The Kier molecular flexibility index (Phi) is 8.94. The summed E-state index contributed by atoms with van der Waals surface area (Å²) < 4.78 is 6.53. The minimum absolute atomic E-state index is 0.182. The van der Waals surface area contributed by atoms with Crippen LogP contribution in [-0.2, 0) is 4.79 Å². The minimum Gasteiger partial charge on any atom is -0.494 e. The summed E-state index contributed by atoms with van der Waals surface area (Å²) in [5.41, 5.74) is 5.31. The Morgan fingerprint density at radius 2 is 1.97 bits per heavy atom. The van der Waals surface area contributed by atoms with Crippen molar-refractivity contribution in [2.75, 3.05) is 12.4 Å². The topological polar surface area (TPSA) is 63.6 Å². The number of carbonyl (C=O) groups is 1. The van der Waals surface area contributed by atoms with E-state index in [1.54, 1.807) is 6.21 Å². The quantitative estimate of drug-likeness (QED) is 0.218. The number of aromatic nitrogens is 1. The lowest BCUT2D eigenvalue weighted by Crippen LogP contribution is -2.19. The SMILES string of the molecule is CC(C)CCOc1ccc(/C=N/NC(=O)CSc2nc(-c3ccc(Cl)cc3)cs2)cc1. The molecule has 0 aliphatic carbocycles. The van der Waals surface area contributed by atoms with Crippen molar-refractivity contribution in [3.8, 4) is 17.0 Å². The first-order valence-electron chi connectivity index (χ1n) is 9.88. The van der Waals surface area contributed by atoms with E-state index in [0.717, 1.165) is 33.3 Å². The number of hydrazone groups is 1. The molecule has 0 aliphatic heterocycles. The third-order valence-electron chi connectivity index (χ3n) is 4.20. The summed E-state index contributed by atoms with van der Waals surface area (Å²) in [6.07, 6.45) is 2.64. The smallest absolute Gasteiger partial charge is 0.250 e. The van der Waals surface area contributed by atoms with Gasteiger partial charge < -0.3 is 4.74 Å². The first kappa shape index (κ1) is 23.3. The summed E-state index contributed by atoms with van der Waals surface area (Å²) in [6, 6.07) is 15.1. The molecule has 0 spiro atoms. The monoisotopic (exact) mass is 473 g/mol. The number of hydrogen-bond acceptors (Lipinski definition) is 6. The zero-order valence-corrected chi connectivity index (χ0v) is 19.8. The molecule has 0 aliphatic rings. The molecule has 0 saturated carbocycles. The van der Waals surface area contributed by atoms with Crippen molar-refractivity contribution < 1.29 is 9.53 Å². The minimum atomic E-state index is -0.182. The van der Waals surface area contributed by atoms with Crippen LogP contribution >= 0.6 is 34.7 Å². The number of carbonyl (C=O) groups excluding carboxylic acids is 1. The van der Waals surface area contributed by atoms with Gasteiger partial charge in [-0.15, -0.1) is 11.3 Å². The lowest BCUT2D eigenvalue weighted by Gasteiger charge is -2.07. The molecule has 1 amide bonds. The third kappa shape index (κ3) is 8.01. The Hall–Kier alpha value is -2.35. The predicted molar refractivity (Wildman–Crippen MR) is 130 cm³/mol. The maximum atomic E-state index is 12.0. The van der Waals surface area contributed by atoms with Crippen molar-refractivity contribution >= 4 is 46.8 Å². The van der Waals surface area contributed by atoms with Gasteiger partial charge in [-0.1, -0.05) is 49.3 Å². The number of rotatable bonds is 10. The lowest BCUT2D eigenvalue weighted by molar-refractivity contribution is -0.118. The molecule has 1 N–H and O–H groups in total. The molecule has 1 aromatic heterocycles. The van der Waals surface area contributed by atoms with E-state index in [-0.39, 0.29) is 11.7 Å². The molecule has 3 aromatic rings. The van der Waals surface area contributed by atoms with E-state index >= 15 is 0 Å². The van der Waals surface area contributed by atoms with Crippen LogP contribution in [0.5, 0.6) is 5.75 Å². The molecule has 0 unspecified atom stereocenters. The number of nitrogens with zero attached hydrogens (tertiary/aromatic N) is 2. The fourth-order valence-electron chi connectivity index (χ4n) is 2.48. The summed E-state index contributed by atoms with van der Waals surface area (Å²) in [4.78, 5) is 16.6. The van der Waals surface area contributed by atoms with Gasteiger partial charge in [0.05, 0.1) is 24.3 Å². The summed E-state index contributed by atoms with van der Waals surface area (Å²) in [5, 5.41) is 6.68. The maximum absolute atomic E-state index is 12.0. The third-order valence-corrected chi connectivity index (χ3v) is 6.47. The highest BCUT2D eigenvalue weighted by Crippen LogP contribution is 2.28.